The lowest BCUT2D eigenvalue weighted by Gasteiger charge is -2.07. The van der Waals surface area contributed by atoms with Crippen molar-refractivity contribution in [2.75, 3.05) is 0 Å². The van der Waals surface area contributed by atoms with E-state index in [2.05, 4.69) is 37.1 Å². The molecule has 7 aromatic rings. The number of H-pyrrole nitrogens is 2. The SMILES string of the molecule is CCCCC(=O)n1c2cncc(c2)c2cnc3[nH]nc(c4nc5c(cncc5c5ccc1s5)[nH]4)c3c2. The van der Waals surface area contributed by atoms with Crippen LogP contribution >= 0.6 is 11.3 Å². The molecule has 0 fully saturated rings. The maximum atomic E-state index is 13.5. The Balaban J connectivity index is 1.72. The molecule has 0 amide bonds. The summed E-state index contributed by atoms with van der Waals surface area (Å²) < 4.78 is 2.75. The van der Waals surface area contributed by atoms with Crippen LogP contribution in [-0.2, 0) is 0 Å². The van der Waals surface area contributed by atoms with Crippen LogP contribution < -0.4 is 0 Å². The summed E-state index contributed by atoms with van der Waals surface area (Å²) in [7, 11) is 0. The number of unbranched alkanes of at least 4 members (excludes halogenated alkanes) is 1. The molecule has 0 unspecified atom stereocenters. The average Bonchev–Trinajstić information content (AvgIpc) is 3.64. The minimum absolute atomic E-state index is 0.0394. The first-order valence-electron chi connectivity index (χ1n) is 11.8. The maximum Gasteiger partial charge on any atom is 0.232 e. The third-order valence-corrected chi connectivity index (χ3v) is 7.53. The van der Waals surface area contributed by atoms with E-state index in [1.807, 2.05) is 30.5 Å². The second kappa shape index (κ2) is 8.06. The van der Waals surface area contributed by atoms with Gasteiger partial charge in [0, 0.05) is 45.9 Å². The number of pyridine rings is 3. The lowest BCUT2D eigenvalue weighted by atomic mass is 10.2. The number of thiophene rings is 1. The Bertz CT molecular complexity index is 2030. The third kappa shape index (κ3) is 3.22. The van der Waals surface area contributed by atoms with Crippen LogP contribution in [0.4, 0.5) is 0 Å². The lowest BCUT2D eigenvalue weighted by molar-refractivity contribution is 0.0909. The first-order chi connectivity index (χ1) is 17.7. The van der Waals surface area contributed by atoms with E-state index < -0.39 is 0 Å². The summed E-state index contributed by atoms with van der Waals surface area (Å²) in [5, 5.41) is 11.0. The summed E-state index contributed by atoms with van der Waals surface area (Å²) in [6, 6.07) is 8.02. The monoisotopic (exact) mass is 492 g/mol. The van der Waals surface area contributed by atoms with Crippen molar-refractivity contribution in [1.82, 2.24) is 39.7 Å². The number of rotatable bonds is 3. The van der Waals surface area contributed by atoms with Crippen molar-refractivity contribution in [3.63, 3.8) is 0 Å². The largest absolute Gasteiger partial charge is 0.335 e. The zero-order valence-corrected chi connectivity index (χ0v) is 20.1. The molecule has 8 bridgehead atoms. The first-order valence-corrected chi connectivity index (χ1v) is 12.6. The summed E-state index contributed by atoms with van der Waals surface area (Å²) >= 11 is 1.54. The summed E-state index contributed by atoms with van der Waals surface area (Å²) in [5.74, 6) is 0.0394. The summed E-state index contributed by atoms with van der Waals surface area (Å²) in [6.07, 6.45) is 11.1. The molecule has 7 aromatic heterocycles. The molecule has 0 aliphatic rings. The van der Waals surface area contributed by atoms with E-state index in [1.165, 1.54) is 11.3 Å². The van der Waals surface area contributed by atoms with Gasteiger partial charge in [0.15, 0.2) is 11.3 Å². The van der Waals surface area contributed by atoms with Gasteiger partial charge in [0.1, 0.15) is 15.9 Å². The topological polar surface area (TPSA) is 118 Å². The Morgan fingerprint density at radius 2 is 1.86 bits per heavy atom. The molecule has 0 saturated carbocycles. The van der Waals surface area contributed by atoms with Gasteiger partial charge in [-0.3, -0.25) is 24.4 Å². The number of hydrogen-bond donors (Lipinski definition) is 2. The predicted octanol–water partition coefficient (Wildman–Crippen LogP) is 6.05. The Morgan fingerprint density at radius 1 is 0.972 bits per heavy atom. The van der Waals surface area contributed by atoms with Crippen molar-refractivity contribution < 1.29 is 4.79 Å². The minimum atomic E-state index is 0.0394. The predicted molar refractivity (Wildman–Crippen MR) is 143 cm³/mol. The highest BCUT2D eigenvalue weighted by atomic mass is 32.1. The van der Waals surface area contributed by atoms with Gasteiger partial charge in [-0.25, -0.2) is 9.97 Å². The fraction of sp³-hybridized carbons (Fsp3) is 0.154. The highest BCUT2D eigenvalue weighted by Crippen LogP contribution is 2.30. The van der Waals surface area contributed by atoms with Gasteiger partial charge < -0.3 is 4.98 Å². The third-order valence-electron chi connectivity index (χ3n) is 6.42. The molecule has 0 atom stereocenters. The number of imidazole rings is 1. The van der Waals surface area contributed by atoms with Gasteiger partial charge in [0.2, 0.25) is 5.91 Å². The van der Waals surface area contributed by atoms with Crippen LogP contribution in [0.1, 0.15) is 31.0 Å². The van der Waals surface area contributed by atoms with Crippen LogP contribution in [0.5, 0.6) is 0 Å². The minimum Gasteiger partial charge on any atom is -0.335 e. The zero-order valence-electron chi connectivity index (χ0n) is 19.3. The number of carbonyl (C=O) groups excluding carboxylic acids is 1. The van der Waals surface area contributed by atoms with Crippen LogP contribution in [-0.4, -0.2) is 45.6 Å². The van der Waals surface area contributed by atoms with Crippen LogP contribution in [0.15, 0.2) is 55.2 Å². The first kappa shape index (κ1) is 20.9. The van der Waals surface area contributed by atoms with Gasteiger partial charge in [0.05, 0.1) is 28.8 Å². The van der Waals surface area contributed by atoms with Crippen LogP contribution in [0.3, 0.4) is 0 Å². The van der Waals surface area contributed by atoms with Crippen molar-refractivity contribution in [3.05, 3.63) is 55.2 Å². The molecule has 2 N–H and O–H groups in total. The molecule has 0 radical (unpaired) electrons. The van der Waals surface area contributed by atoms with Gasteiger partial charge in [-0.15, -0.1) is 11.3 Å². The number of fused-ring (bicyclic) bond motifs is 9. The molecule has 176 valence electrons. The molecule has 0 spiro atoms. The van der Waals surface area contributed by atoms with E-state index in [4.69, 9.17) is 4.98 Å². The fourth-order valence-corrected chi connectivity index (χ4v) is 5.66. The standard InChI is InChI=1S/C26H20N8OS/c1-2-3-4-21(35)34-16-7-14(9-27-11-16)15-8-17-24(32-33-25(17)29-10-15)26-30-19-13-28-12-18(23(19)31-26)20-5-6-22(34)36-20/h5-13H,2-4H2,1H3,(H,30,31)(H,29,32,33). The van der Waals surface area contributed by atoms with E-state index in [1.54, 1.807) is 29.4 Å². The summed E-state index contributed by atoms with van der Waals surface area (Å²) in [6.45, 7) is 2.09. The second-order valence-electron chi connectivity index (χ2n) is 8.76. The van der Waals surface area contributed by atoms with Gasteiger partial charge in [-0.05, 0) is 30.7 Å². The Kier molecular flexibility index (Phi) is 4.68. The highest BCUT2D eigenvalue weighted by molar-refractivity contribution is 7.24. The van der Waals surface area contributed by atoms with Crippen molar-refractivity contribution in [2.45, 2.75) is 26.2 Å². The van der Waals surface area contributed by atoms with E-state index >= 15 is 0 Å². The molecular weight excluding hydrogens is 472 g/mol. The van der Waals surface area contributed by atoms with Crippen molar-refractivity contribution in [1.29, 1.82) is 0 Å². The van der Waals surface area contributed by atoms with Gasteiger partial charge in [-0.2, -0.15) is 5.10 Å². The number of carbonyl (C=O) groups is 1. The molecule has 0 saturated heterocycles. The number of hydrogen-bond acceptors (Lipinski definition) is 7. The Labute approximate surface area is 207 Å². The normalized spacial score (nSPS) is 11.9. The van der Waals surface area contributed by atoms with Gasteiger partial charge in [0.25, 0.3) is 0 Å². The lowest BCUT2D eigenvalue weighted by Crippen LogP contribution is -2.10. The van der Waals surface area contributed by atoms with E-state index in [-0.39, 0.29) is 5.91 Å². The van der Waals surface area contributed by atoms with Gasteiger partial charge >= 0.3 is 0 Å². The molecule has 36 heavy (non-hydrogen) atoms. The Morgan fingerprint density at radius 3 is 2.78 bits per heavy atom. The van der Waals surface area contributed by atoms with Crippen LogP contribution in [0.25, 0.3) is 64.4 Å². The van der Waals surface area contributed by atoms with Crippen molar-refractivity contribution in [3.8, 4) is 0 Å². The summed E-state index contributed by atoms with van der Waals surface area (Å²) in [5.41, 5.74) is 4.33. The maximum absolute atomic E-state index is 13.5. The van der Waals surface area contributed by atoms with Crippen LogP contribution in [0.2, 0.25) is 0 Å². The Hall–Kier alpha value is -4.44. The van der Waals surface area contributed by atoms with Crippen LogP contribution in [0, 0.1) is 0 Å². The zero-order chi connectivity index (χ0) is 24.2. The van der Waals surface area contributed by atoms with E-state index in [9.17, 15) is 4.79 Å². The number of nitrogens with one attached hydrogen (secondary N) is 2. The molecular formula is C26H20N8OS. The average molecular weight is 493 g/mol. The molecule has 9 nitrogen and oxygen atoms in total. The highest BCUT2D eigenvalue weighted by Gasteiger charge is 2.13. The molecule has 0 aliphatic carbocycles. The molecule has 0 aliphatic heterocycles. The molecule has 7 heterocycles. The van der Waals surface area contributed by atoms with Crippen molar-refractivity contribution in [2.24, 2.45) is 0 Å². The molecule has 7 rings (SSSR count). The smallest absolute Gasteiger partial charge is 0.232 e. The van der Waals surface area contributed by atoms with E-state index in [0.29, 0.717) is 23.2 Å². The number of nitrogens with zero attached hydrogens (tertiary/aromatic N) is 6. The van der Waals surface area contributed by atoms with Crippen molar-refractivity contribution >= 4 is 81.7 Å². The summed E-state index contributed by atoms with van der Waals surface area (Å²) in [4.78, 5) is 36.1. The molecule has 0 aromatic carbocycles. The van der Waals surface area contributed by atoms with Gasteiger partial charge in [-0.1, -0.05) is 13.3 Å². The quantitative estimate of drug-likeness (QED) is 0.310. The number of aromatic amines is 2. The molecule has 10 heteroatoms. The second-order valence-corrected chi connectivity index (χ2v) is 9.83. The van der Waals surface area contributed by atoms with E-state index in [0.717, 1.165) is 60.5 Å². The number of aromatic nitrogens is 8. The fourth-order valence-electron chi connectivity index (χ4n) is 4.60.